The number of H-pyrrole nitrogens is 1. The molecule has 6 nitrogen and oxygen atoms in total. The summed E-state index contributed by atoms with van der Waals surface area (Å²) in [7, 11) is 0. The Labute approximate surface area is 184 Å². The maximum atomic E-state index is 13.4. The average molecular weight is 431 g/mol. The van der Waals surface area contributed by atoms with E-state index in [4.69, 9.17) is 4.74 Å². The third-order valence-electron chi connectivity index (χ3n) is 5.13. The van der Waals surface area contributed by atoms with Crippen molar-refractivity contribution in [3.8, 4) is 11.1 Å². The monoisotopic (exact) mass is 431 g/mol. The van der Waals surface area contributed by atoms with Gasteiger partial charge in [0.1, 0.15) is 11.5 Å². The van der Waals surface area contributed by atoms with Crippen LogP contribution in [0.4, 0.5) is 4.39 Å². The van der Waals surface area contributed by atoms with Crippen molar-refractivity contribution in [2.45, 2.75) is 20.4 Å². The summed E-state index contributed by atoms with van der Waals surface area (Å²) in [5, 5.41) is 3.69. The molecule has 0 aliphatic carbocycles. The SMILES string of the molecule is CCOC(=O)c1cc2cc(-c3cncc(C(=O)NCc4ccc(F)c(C)c4)c3)ccc2[nH]1. The Balaban J connectivity index is 1.52. The van der Waals surface area contributed by atoms with E-state index in [1.165, 1.54) is 12.3 Å². The number of rotatable bonds is 6. The van der Waals surface area contributed by atoms with Crippen LogP contribution in [-0.4, -0.2) is 28.5 Å². The van der Waals surface area contributed by atoms with Crippen molar-refractivity contribution in [2.75, 3.05) is 6.61 Å². The molecule has 0 saturated heterocycles. The molecule has 0 unspecified atom stereocenters. The minimum Gasteiger partial charge on any atom is -0.461 e. The molecule has 162 valence electrons. The number of benzene rings is 2. The Bertz CT molecular complexity index is 1310. The first kappa shape index (κ1) is 21.2. The van der Waals surface area contributed by atoms with Crippen molar-refractivity contribution < 1.29 is 18.7 Å². The highest BCUT2D eigenvalue weighted by atomic mass is 19.1. The molecule has 32 heavy (non-hydrogen) atoms. The zero-order chi connectivity index (χ0) is 22.7. The number of carbonyl (C=O) groups is 2. The van der Waals surface area contributed by atoms with E-state index in [2.05, 4.69) is 15.3 Å². The highest BCUT2D eigenvalue weighted by Gasteiger charge is 2.12. The minimum atomic E-state index is -0.401. The van der Waals surface area contributed by atoms with Gasteiger partial charge in [-0.1, -0.05) is 18.2 Å². The number of amides is 1. The summed E-state index contributed by atoms with van der Waals surface area (Å²) in [4.78, 5) is 31.8. The van der Waals surface area contributed by atoms with Gasteiger partial charge in [0.15, 0.2) is 0 Å². The van der Waals surface area contributed by atoms with Crippen LogP contribution in [-0.2, 0) is 11.3 Å². The van der Waals surface area contributed by atoms with Gasteiger partial charge >= 0.3 is 5.97 Å². The van der Waals surface area contributed by atoms with Gasteiger partial charge in [0.2, 0.25) is 0 Å². The first-order valence-corrected chi connectivity index (χ1v) is 10.2. The standard InChI is InChI=1S/C25H22FN3O3/c1-3-32-25(31)23-11-18-9-17(5-7-22(18)29-23)19-10-20(14-27-13-19)24(30)28-12-16-4-6-21(26)15(2)8-16/h4-11,13-14,29H,3,12H2,1-2H3,(H,28,30). The third-order valence-corrected chi connectivity index (χ3v) is 5.13. The summed E-state index contributed by atoms with van der Waals surface area (Å²) in [6.07, 6.45) is 3.18. The van der Waals surface area contributed by atoms with Crippen molar-refractivity contribution in [2.24, 2.45) is 0 Å². The second-order valence-electron chi connectivity index (χ2n) is 7.43. The quantitative estimate of drug-likeness (QED) is 0.430. The number of aryl methyl sites for hydroxylation is 1. The van der Waals surface area contributed by atoms with Gasteiger partial charge in [0, 0.05) is 35.4 Å². The molecular formula is C25H22FN3O3. The number of ether oxygens (including phenoxy) is 1. The van der Waals surface area contributed by atoms with Crippen molar-refractivity contribution in [1.82, 2.24) is 15.3 Å². The van der Waals surface area contributed by atoms with Gasteiger partial charge in [0.05, 0.1) is 12.2 Å². The Morgan fingerprint density at radius 1 is 1.06 bits per heavy atom. The maximum Gasteiger partial charge on any atom is 0.354 e. The number of carbonyl (C=O) groups excluding carboxylic acids is 2. The van der Waals surface area contributed by atoms with Crippen LogP contribution < -0.4 is 5.32 Å². The summed E-state index contributed by atoms with van der Waals surface area (Å²) < 4.78 is 18.5. The highest BCUT2D eigenvalue weighted by molar-refractivity contribution is 5.97. The lowest BCUT2D eigenvalue weighted by Crippen LogP contribution is -2.23. The first-order valence-electron chi connectivity index (χ1n) is 10.2. The van der Waals surface area contributed by atoms with Gasteiger partial charge in [-0.05, 0) is 60.9 Å². The smallest absolute Gasteiger partial charge is 0.354 e. The number of halogens is 1. The lowest BCUT2D eigenvalue weighted by molar-refractivity contribution is 0.0520. The van der Waals surface area contributed by atoms with Crippen LogP contribution in [0.5, 0.6) is 0 Å². The number of hydrogen-bond acceptors (Lipinski definition) is 4. The summed E-state index contributed by atoms with van der Waals surface area (Å²) in [5.41, 5.74) is 4.61. The summed E-state index contributed by atoms with van der Waals surface area (Å²) in [6, 6.07) is 13.9. The number of fused-ring (bicyclic) bond motifs is 1. The zero-order valence-electron chi connectivity index (χ0n) is 17.7. The normalized spacial score (nSPS) is 10.8. The lowest BCUT2D eigenvalue weighted by atomic mass is 10.0. The van der Waals surface area contributed by atoms with Crippen LogP contribution in [0, 0.1) is 12.7 Å². The van der Waals surface area contributed by atoms with Crippen molar-refractivity contribution in [1.29, 1.82) is 0 Å². The Kier molecular flexibility index (Phi) is 5.98. The molecule has 4 aromatic rings. The molecule has 2 heterocycles. The van der Waals surface area contributed by atoms with Crippen LogP contribution in [0.1, 0.15) is 38.9 Å². The Hall–Kier alpha value is -4.00. The molecular weight excluding hydrogens is 409 g/mol. The molecule has 4 rings (SSSR count). The Morgan fingerprint density at radius 2 is 1.91 bits per heavy atom. The molecule has 0 atom stereocenters. The summed E-state index contributed by atoms with van der Waals surface area (Å²) >= 11 is 0. The topological polar surface area (TPSA) is 84.1 Å². The molecule has 0 aliphatic rings. The van der Waals surface area contributed by atoms with Crippen molar-refractivity contribution >= 4 is 22.8 Å². The van der Waals surface area contributed by atoms with Crippen LogP contribution >= 0.6 is 0 Å². The van der Waals surface area contributed by atoms with Gasteiger partial charge in [0.25, 0.3) is 5.91 Å². The van der Waals surface area contributed by atoms with E-state index >= 15 is 0 Å². The number of aromatic amines is 1. The second kappa shape index (κ2) is 9.01. The number of hydrogen-bond donors (Lipinski definition) is 2. The molecule has 0 bridgehead atoms. The fourth-order valence-corrected chi connectivity index (χ4v) is 3.45. The predicted octanol–water partition coefficient (Wildman–Crippen LogP) is 4.78. The number of nitrogens with one attached hydrogen (secondary N) is 2. The molecule has 0 aliphatic heterocycles. The summed E-state index contributed by atoms with van der Waals surface area (Å²) in [6.45, 7) is 4.04. The number of pyridine rings is 1. The molecule has 1 amide bonds. The number of esters is 1. The molecule has 0 radical (unpaired) electrons. The number of aromatic nitrogens is 2. The molecule has 2 N–H and O–H groups in total. The van der Waals surface area contributed by atoms with E-state index in [1.54, 1.807) is 44.3 Å². The van der Waals surface area contributed by atoms with Crippen LogP contribution in [0.15, 0.2) is 60.9 Å². The second-order valence-corrected chi connectivity index (χ2v) is 7.43. The van der Waals surface area contributed by atoms with E-state index in [-0.39, 0.29) is 18.3 Å². The van der Waals surface area contributed by atoms with Crippen molar-refractivity contribution in [3.63, 3.8) is 0 Å². The molecule has 0 spiro atoms. The van der Waals surface area contributed by atoms with Gasteiger partial charge in [-0.2, -0.15) is 0 Å². The van der Waals surface area contributed by atoms with Gasteiger partial charge in [-0.15, -0.1) is 0 Å². The molecule has 2 aromatic carbocycles. The van der Waals surface area contributed by atoms with E-state index in [9.17, 15) is 14.0 Å². The van der Waals surface area contributed by atoms with Gasteiger partial charge in [-0.25, -0.2) is 9.18 Å². The van der Waals surface area contributed by atoms with Crippen LogP contribution in [0.3, 0.4) is 0 Å². The van der Waals surface area contributed by atoms with E-state index in [0.717, 1.165) is 27.6 Å². The predicted molar refractivity (Wildman–Crippen MR) is 120 cm³/mol. The van der Waals surface area contributed by atoms with Gasteiger partial charge in [-0.3, -0.25) is 9.78 Å². The largest absolute Gasteiger partial charge is 0.461 e. The molecule has 7 heteroatoms. The van der Waals surface area contributed by atoms with Crippen LogP contribution in [0.2, 0.25) is 0 Å². The van der Waals surface area contributed by atoms with E-state index < -0.39 is 5.97 Å². The van der Waals surface area contributed by atoms with Gasteiger partial charge < -0.3 is 15.0 Å². The van der Waals surface area contributed by atoms with Crippen LogP contribution in [0.25, 0.3) is 22.0 Å². The lowest BCUT2D eigenvalue weighted by Gasteiger charge is -2.08. The minimum absolute atomic E-state index is 0.270. The van der Waals surface area contributed by atoms with E-state index in [1.807, 2.05) is 18.2 Å². The first-order chi connectivity index (χ1) is 15.4. The third kappa shape index (κ3) is 4.51. The van der Waals surface area contributed by atoms with E-state index in [0.29, 0.717) is 23.4 Å². The average Bonchev–Trinajstić information content (AvgIpc) is 3.23. The fraction of sp³-hybridized carbons (Fsp3) is 0.160. The highest BCUT2D eigenvalue weighted by Crippen LogP contribution is 2.25. The number of nitrogens with zero attached hydrogens (tertiary/aromatic N) is 1. The maximum absolute atomic E-state index is 13.4. The molecule has 0 saturated carbocycles. The van der Waals surface area contributed by atoms with Crippen molar-refractivity contribution in [3.05, 3.63) is 89.1 Å². The fourth-order valence-electron chi connectivity index (χ4n) is 3.45. The zero-order valence-corrected chi connectivity index (χ0v) is 17.7. The summed E-state index contributed by atoms with van der Waals surface area (Å²) in [5.74, 6) is -0.943. The Morgan fingerprint density at radius 3 is 2.69 bits per heavy atom. The molecule has 0 fully saturated rings. The molecule has 2 aromatic heterocycles.